The molecule has 6 rings (SSSR count). The van der Waals surface area contributed by atoms with Gasteiger partial charge in [-0.15, -0.1) is 0 Å². The normalized spacial score (nSPS) is 31.2. The molecular formula is C31H38ClN3O5S. The number of sulfonamides is 1. The van der Waals surface area contributed by atoms with Gasteiger partial charge in [0.1, 0.15) is 5.75 Å². The van der Waals surface area contributed by atoms with Crippen molar-refractivity contribution in [2.45, 2.75) is 61.5 Å². The Balaban J connectivity index is 1.44. The Morgan fingerprint density at radius 1 is 1.17 bits per heavy atom. The first kappa shape index (κ1) is 28.5. The van der Waals surface area contributed by atoms with E-state index in [1.54, 1.807) is 26.2 Å². The number of hydrogen-bond donors (Lipinski definition) is 2. The first-order chi connectivity index (χ1) is 19.7. The van der Waals surface area contributed by atoms with E-state index in [1.807, 2.05) is 12.1 Å². The highest BCUT2D eigenvalue weighted by molar-refractivity contribution is 7.90. The molecule has 2 bridgehead atoms. The van der Waals surface area contributed by atoms with E-state index in [1.165, 1.54) is 17.2 Å². The summed E-state index contributed by atoms with van der Waals surface area (Å²) >= 11 is 6.39. The molecule has 1 saturated carbocycles. The Bertz CT molecular complexity index is 1460. The van der Waals surface area contributed by atoms with Crippen molar-refractivity contribution >= 4 is 33.2 Å². The van der Waals surface area contributed by atoms with Gasteiger partial charge in [-0.2, -0.15) is 0 Å². The summed E-state index contributed by atoms with van der Waals surface area (Å²) in [7, 11) is -2.34. The topological polar surface area (TPSA) is 97.0 Å². The largest absolute Gasteiger partial charge is 0.490 e. The minimum Gasteiger partial charge on any atom is -0.490 e. The highest BCUT2D eigenvalue weighted by Gasteiger charge is 2.44. The summed E-state index contributed by atoms with van der Waals surface area (Å²) in [5, 5.41) is 3.82. The van der Waals surface area contributed by atoms with Gasteiger partial charge in [0, 0.05) is 37.2 Å². The zero-order valence-electron chi connectivity index (χ0n) is 23.6. The first-order valence-corrected chi connectivity index (χ1v) is 16.4. The molecule has 0 saturated heterocycles. The molecule has 8 nitrogen and oxygen atoms in total. The maximum Gasteiger partial charge on any atom is 0.264 e. The number of fused-ring (bicyclic) bond motifs is 4. The standard InChI is InChI=1S/C31H38ClN3O5S/c1-20-30(36)34-41(37,38)24-9-12-29-27(16-24)35(17-22-7-10-25(22)28(39-2)6-4-14-33-20)18-31(19-40-29)13-3-5-21-15-23(32)8-11-26(21)31/h4,6,8-9,11-12,15-16,20,22,25,28,33H,3,5,7,10,13-14,17-19H2,1-2H3,(H,34,36)/t20-,22-,25+,28+,31-/m0/s1. The van der Waals surface area contributed by atoms with Crippen LogP contribution in [0.1, 0.15) is 43.7 Å². The van der Waals surface area contributed by atoms with Gasteiger partial charge in [-0.1, -0.05) is 29.8 Å². The predicted molar refractivity (Wildman–Crippen MR) is 159 cm³/mol. The van der Waals surface area contributed by atoms with E-state index in [2.05, 4.69) is 33.1 Å². The van der Waals surface area contributed by atoms with Crippen molar-refractivity contribution in [2.24, 2.45) is 11.8 Å². The van der Waals surface area contributed by atoms with Crippen LogP contribution >= 0.6 is 11.6 Å². The molecule has 2 heterocycles. The van der Waals surface area contributed by atoms with E-state index in [4.69, 9.17) is 21.1 Å². The number of hydrogen-bond acceptors (Lipinski definition) is 7. The van der Waals surface area contributed by atoms with E-state index < -0.39 is 22.0 Å². The van der Waals surface area contributed by atoms with Gasteiger partial charge in [-0.25, -0.2) is 13.1 Å². The van der Waals surface area contributed by atoms with Gasteiger partial charge in [0.15, 0.2) is 0 Å². The fourth-order valence-corrected chi connectivity index (χ4v) is 8.28. The maximum atomic E-state index is 13.4. The number of rotatable bonds is 1. The smallest absolute Gasteiger partial charge is 0.264 e. The van der Waals surface area contributed by atoms with Crippen LogP contribution in [-0.4, -0.2) is 59.8 Å². The van der Waals surface area contributed by atoms with Gasteiger partial charge in [-0.3, -0.25) is 4.79 Å². The summed E-state index contributed by atoms with van der Waals surface area (Å²) in [5.74, 6) is 0.772. The first-order valence-electron chi connectivity index (χ1n) is 14.5. The molecular weight excluding hydrogens is 562 g/mol. The number of carbonyl (C=O) groups is 1. The second-order valence-electron chi connectivity index (χ2n) is 12.0. The number of carbonyl (C=O) groups excluding carboxylic acids is 1. The third kappa shape index (κ3) is 5.49. The van der Waals surface area contributed by atoms with Crippen LogP contribution in [0.3, 0.4) is 0 Å². The second-order valence-corrected chi connectivity index (χ2v) is 14.1. The third-order valence-electron chi connectivity index (χ3n) is 9.44. The van der Waals surface area contributed by atoms with E-state index in [9.17, 15) is 13.2 Å². The van der Waals surface area contributed by atoms with Crippen LogP contribution in [0.2, 0.25) is 5.02 Å². The van der Waals surface area contributed by atoms with Crippen molar-refractivity contribution in [3.63, 3.8) is 0 Å². The van der Waals surface area contributed by atoms with Crippen molar-refractivity contribution in [1.29, 1.82) is 0 Å². The van der Waals surface area contributed by atoms with Gasteiger partial charge >= 0.3 is 0 Å². The quantitative estimate of drug-likeness (QED) is 0.474. The second kappa shape index (κ2) is 11.2. The molecule has 220 valence electrons. The highest BCUT2D eigenvalue weighted by Crippen LogP contribution is 2.47. The average molecular weight is 600 g/mol. The lowest BCUT2D eigenvalue weighted by Gasteiger charge is -2.46. The minimum atomic E-state index is -4.09. The zero-order valence-corrected chi connectivity index (χ0v) is 25.1. The van der Waals surface area contributed by atoms with Crippen molar-refractivity contribution in [3.05, 3.63) is 64.7 Å². The minimum absolute atomic E-state index is 0.0338. The summed E-state index contributed by atoms with van der Waals surface area (Å²) in [6.45, 7) is 4.03. The number of nitrogens with zero attached hydrogens (tertiary/aromatic N) is 1. The van der Waals surface area contributed by atoms with Gasteiger partial charge in [0.05, 0.1) is 29.3 Å². The highest BCUT2D eigenvalue weighted by atomic mass is 35.5. The van der Waals surface area contributed by atoms with Crippen LogP contribution < -0.4 is 19.7 Å². The Kier molecular flexibility index (Phi) is 7.82. The molecule has 2 aromatic rings. The average Bonchev–Trinajstić information content (AvgIpc) is 3.08. The van der Waals surface area contributed by atoms with Crippen molar-refractivity contribution < 1.29 is 22.7 Å². The number of halogens is 1. The van der Waals surface area contributed by atoms with Crippen LogP contribution in [0.15, 0.2) is 53.4 Å². The maximum absolute atomic E-state index is 13.4. The molecule has 1 amide bonds. The molecule has 1 fully saturated rings. The molecule has 1 spiro atoms. The Morgan fingerprint density at radius 3 is 2.80 bits per heavy atom. The summed E-state index contributed by atoms with van der Waals surface area (Å²) in [6.07, 6.45) is 9.12. The lowest BCUT2D eigenvalue weighted by Crippen LogP contribution is -2.49. The molecule has 41 heavy (non-hydrogen) atoms. The molecule has 10 heteroatoms. The van der Waals surface area contributed by atoms with Crippen LogP contribution in [0.5, 0.6) is 5.75 Å². The van der Waals surface area contributed by atoms with Gasteiger partial charge in [-0.05, 0) is 92.3 Å². The van der Waals surface area contributed by atoms with Crippen LogP contribution in [0.25, 0.3) is 0 Å². The lowest BCUT2D eigenvalue weighted by atomic mass is 9.68. The Labute approximate surface area is 247 Å². The van der Waals surface area contributed by atoms with Crippen molar-refractivity contribution in [2.75, 3.05) is 38.3 Å². The molecule has 2 N–H and O–H groups in total. The number of aryl methyl sites for hydroxylation is 1. The van der Waals surface area contributed by atoms with Crippen molar-refractivity contribution in [1.82, 2.24) is 10.0 Å². The summed E-state index contributed by atoms with van der Waals surface area (Å²) < 4.78 is 41.4. The fourth-order valence-electron chi connectivity index (χ4n) is 7.01. The van der Waals surface area contributed by atoms with E-state index in [0.717, 1.165) is 49.4 Å². The van der Waals surface area contributed by atoms with Crippen LogP contribution in [0, 0.1) is 11.8 Å². The van der Waals surface area contributed by atoms with Gasteiger partial charge in [0.25, 0.3) is 15.9 Å². The number of benzene rings is 2. The van der Waals surface area contributed by atoms with Crippen LogP contribution in [0.4, 0.5) is 5.69 Å². The molecule has 0 radical (unpaired) electrons. The fraction of sp³-hybridized carbons (Fsp3) is 0.516. The molecule has 0 aromatic heterocycles. The number of anilines is 1. The number of ether oxygens (including phenoxy) is 2. The molecule has 4 aliphatic rings. The van der Waals surface area contributed by atoms with Gasteiger partial charge < -0.3 is 19.7 Å². The van der Waals surface area contributed by atoms with Crippen LogP contribution in [-0.2, 0) is 31.4 Å². The third-order valence-corrected chi connectivity index (χ3v) is 11.0. The molecule has 0 unspecified atom stereocenters. The van der Waals surface area contributed by atoms with E-state index in [0.29, 0.717) is 37.3 Å². The Morgan fingerprint density at radius 2 is 2.02 bits per heavy atom. The summed E-state index contributed by atoms with van der Waals surface area (Å²) in [5.41, 5.74) is 3.00. The molecule has 2 aliphatic heterocycles. The monoisotopic (exact) mass is 599 g/mol. The lowest BCUT2D eigenvalue weighted by molar-refractivity contribution is -0.120. The Hall–Kier alpha value is -2.59. The van der Waals surface area contributed by atoms with E-state index in [-0.39, 0.29) is 16.4 Å². The molecule has 2 aliphatic carbocycles. The molecule has 2 aromatic carbocycles. The summed E-state index contributed by atoms with van der Waals surface area (Å²) in [4.78, 5) is 15.2. The number of nitrogens with one attached hydrogen (secondary N) is 2. The van der Waals surface area contributed by atoms with E-state index >= 15 is 0 Å². The SMILES string of the molecule is CO[C@@H]1C=CCN[C@@H](C)C(=O)NS(=O)(=O)c2ccc3c(c2)N(C[C@@H]2CC[C@H]21)C[C@@]1(CCCc2cc(Cl)ccc21)CO3. The number of amides is 1. The number of methoxy groups -OCH3 is 1. The van der Waals surface area contributed by atoms with Gasteiger partial charge in [0.2, 0.25) is 0 Å². The predicted octanol–water partition coefficient (Wildman–Crippen LogP) is 4.21. The summed E-state index contributed by atoms with van der Waals surface area (Å²) in [6, 6.07) is 10.4. The van der Waals surface area contributed by atoms with Crippen molar-refractivity contribution in [3.8, 4) is 5.75 Å². The molecule has 5 atom stereocenters. The zero-order chi connectivity index (χ0) is 28.8.